The maximum atomic E-state index is 5.79. The topological polar surface area (TPSA) is 61.0 Å². The van der Waals surface area contributed by atoms with Gasteiger partial charge in [-0.05, 0) is 31.0 Å². The normalized spacial score (nSPS) is 17.7. The molecule has 1 aromatic carbocycles. The molecule has 0 bridgehead atoms. The van der Waals surface area contributed by atoms with Crippen LogP contribution in [0.2, 0.25) is 0 Å². The standard InChI is InChI=1S/C15H17N3O/c1-10-6-13(8-16)18-15(17-10)12-7-11-4-2-3-5-14(11)19-9-12/h2-6,12H,7-9,16H2,1H3. The SMILES string of the molecule is Cc1cc(CN)nc(C2COc3ccccc3C2)n1. The van der Waals surface area contributed by atoms with Gasteiger partial charge in [-0.1, -0.05) is 18.2 Å². The van der Waals surface area contributed by atoms with E-state index in [1.165, 1.54) is 5.56 Å². The van der Waals surface area contributed by atoms with E-state index in [0.717, 1.165) is 29.4 Å². The summed E-state index contributed by atoms with van der Waals surface area (Å²) in [4.78, 5) is 9.06. The van der Waals surface area contributed by atoms with Crippen LogP contribution in [0.1, 0.15) is 28.7 Å². The molecule has 4 nitrogen and oxygen atoms in total. The first kappa shape index (κ1) is 12.1. The van der Waals surface area contributed by atoms with E-state index in [9.17, 15) is 0 Å². The fraction of sp³-hybridized carbons (Fsp3) is 0.333. The number of nitrogens with two attached hydrogens (primary N) is 1. The fourth-order valence-electron chi connectivity index (χ4n) is 2.44. The number of fused-ring (bicyclic) bond motifs is 1. The second kappa shape index (κ2) is 4.97. The maximum absolute atomic E-state index is 5.79. The van der Waals surface area contributed by atoms with Crippen LogP contribution in [0.15, 0.2) is 30.3 Å². The molecule has 2 aromatic rings. The van der Waals surface area contributed by atoms with Gasteiger partial charge in [0.2, 0.25) is 0 Å². The number of nitrogens with zero attached hydrogens (tertiary/aromatic N) is 2. The summed E-state index contributed by atoms with van der Waals surface area (Å²) in [5.74, 6) is 2.03. The zero-order valence-electron chi connectivity index (χ0n) is 11.0. The molecule has 1 aliphatic rings. The van der Waals surface area contributed by atoms with Crippen molar-refractivity contribution in [1.82, 2.24) is 9.97 Å². The van der Waals surface area contributed by atoms with Crippen molar-refractivity contribution in [3.05, 3.63) is 53.1 Å². The van der Waals surface area contributed by atoms with E-state index < -0.39 is 0 Å². The van der Waals surface area contributed by atoms with Crippen molar-refractivity contribution in [3.63, 3.8) is 0 Å². The Kier molecular flexibility index (Phi) is 3.17. The maximum Gasteiger partial charge on any atom is 0.135 e. The Labute approximate surface area is 112 Å². The van der Waals surface area contributed by atoms with Crippen LogP contribution in [0.4, 0.5) is 0 Å². The van der Waals surface area contributed by atoms with E-state index in [0.29, 0.717) is 13.2 Å². The van der Waals surface area contributed by atoms with Gasteiger partial charge < -0.3 is 10.5 Å². The highest BCUT2D eigenvalue weighted by atomic mass is 16.5. The highest BCUT2D eigenvalue weighted by molar-refractivity contribution is 5.36. The Morgan fingerprint density at radius 2 is 2.16 bits per heavy atom. The number of aryl methyl sites for hydroxylation is 1. The Balaban J connectivity index is 1.90. The number of ether oxygens (including phenoxy) is 1. The highest BCUT2D eigenvalue weighted by Crippen LogP contribution is 2.30. The van der Waals surface area contributed by atoms with Gasteiger partial charge in [-0.3, -0.25) is 0 Å². The minimum Gasteiger partial charge on any atom is -0.493 e. The van der Waals surface area contributed by atoms with Gasteiger partial charge >= 0.3 is 0 Å². The van der Waals surface area contributed by atoms with Crippen molar-refractivity contribution >= 4 is 0 Å². The third-order valence-corrected chi connectivity index (χ3v) is 3.38. The lowest BCUT2D eigenvalue weighted by molar-refractivity contribution is 0.257. The summed E-state index contributed by atoms with van der Waals surface area (Å²) in [5.41, 5.74) is 8.75. The van der Waals surface area contributed by atoms with Gasteiger partial charge in [0.1, 0.15) is 11.6 Å². The van der Waals surface area contributed by atoms with Crippen molar-refractivity contribution in [3.8, 4) is 5.75 Å². The smallest absolute Gasteiger partial charge is 0.135 e. The monoisotopic (exact) mass is 255 g/mol. The lowest BCUT2D eigenvalue weighted by Crippen LogP contribution is -2.22. The Morgan fingerprint density at radius 3 is 3.00 bits per heavy atom. The van der Waals surface area contributed by atoms with E-state index in [1.807, 2.05) is 31.2 Å². The Hall–Kier alpha value is -1.94. The first-order valence-corrected chi connectivity index (χ1v) is 6.51. The molecule has 0 amide bonds. The van der Waals surface area contributed by atoms with Crippen molar-refractivity contribution in [2.75, 3.05) is 6.61 Å². The molecule has 0 fully saturated rings. The van der Waals surface area contributed by atoms with Crippen LogP contribution in [0, 0.1) is 6.92 Å². The van der Waals surface area contributed by atoms with Crippen LogP contribution in [0.3, 0.4) is 0 Å². The Bertz CT molecular complexity index is 598. The van der Waals surface area contributed by atoms with Crippen LogP contribution < -0.4 is 10.5 Å². The first-order valence-electron chi connectivity index (χ1n) is 6.51. The molecule has 0 aliphatic carbocycles. The van der Waals surface area contributed by atoms with Crippen LogP contribution in [-0.4, -0.2) is 16.6 Å². The lowest BCUT2D eigenvalue weighted by Gasteiger charge is -2.24. The third-order valence-electron chi connectivity index (χ3n) is 3.38. The molecule has 3 rings (SSSR count). The summed E-state index contributed by atoms with van der Waals surface area (Å²) in [6.07, 6.45) is 0.920. The van der Waals surface area contributed by atoms with Crippen LogP contribution in [0.25, 0.3) is 0 Å². The van der Waals surface area contributed by atoms with Gasteiger partial charge in [0.05, 0.1) is 18.2 Å². The number of para-hydroxylation sites is 1. The van der Waals surface area contributed by atoms with Gasteiger partial charge in [0, 0.05) is 12.2 Å². The van der Waals surface area contributed by atoms with E-state index in [-0.39, 0.29) is 5.92 Å². The molecule has 98 valence electrons. The summed E-state index contributed by atoms with van der Waals surface area (Å²) in [5, 5.41) is 0. The van der Waals surface area contributed by atoms with Crippen molar-refractivity contribution in [1.29, 1.82) is 0 Å². The zero-order chi connectivity index (χ0) is 13.2. The molecule has 0 radical (unpaired) electrons. The quantitative estimate of drug-likeness (QED) is 0.891. The van der Waals surface area contributed by atoms with Gasteiger partial charge in [0.25, 0.3) is 0 Å². The number of rotatable bonds is 2. The Morgan fingerprint density at radius 1 is 1.32 bits per heavy atom. The van der Waals surface area contributed by atoms with Crippen molar-refractivity contribution in [2.24, 2.45) is 5.73 Å². The summed E-state index contributed by atoms with van der Waals surface area (Å²) in [7, 11) is 0. The summed E-state index contributed by atoms with van der Waals surface area (Å²) >= 11 is 0. The molecule has 0 saturated carbocycles. The molecule has 1 unspecified atom stereocenters. The lowest BCUT2D eigenvalue weighted by atomic mass is 9.96. The number of hydrogen-bond acceptors (Lipinski definition) is 4. The van der Waals surface area contributed by atoms with Gasteiger partial charge in [-0.15, -0.1) is 0 Å². The molecule has 0 saturated heterocycles. The van der Waals surface area contributed by atoms with Gasteiger partial charge in [-0.25, -0.2) is 9.97 Å². The largest absolute Gasteiger partial charge is 0.493 e. The summed E-state index contributed by atoms with van der Waals surface area (Å²) < 4.78 is 5.79. The molecule has 2 N–H and O–H groups in total. The van der Waals surface area contributed by atoms with Crippen molar-refractivity contribution < 1.29 is 4.74 Å². The zero-order valence-corrected chi connectivity index (χ0v) is 11.0. The first-order chi connectivity index (χ1) is 9.26. The molecular weight excluding hydrogens is 238 g/mol. The van der Waals surface area contributed by atoms with E-state index in [1.54, 1.807) is 0 Å². The molecular formula is C15H17N3O. The van der Waals surface area contributed by atoms with E-state index >= 15 is 0 Å². The second-order valence-electron chi connectivity index (χ2n) is 4.88. The summed E-state index contributed by atoms with van der Waals surface area (Å²) in [6.45, 7) is 3.05. The highest BCUT2D eigenvalue weighted by Gasteiger charge is 2.23. The predicted octanol–water partition coefficient (Wildman–Crippen LogP) is 1.96. The summed E-state index contributed by atoms with van der Waals surface area (Å²) in [6, 6.07) is 10.1. The van der Waals surface area contributed by atoms with Crippen LogP contribution >= 0.6 is 0 Å². The van der Waals surface area contributed by atoms with Crippen LogP contribution in [-0.2, 0) is 13.0 Å². The third kappa shape index (κ3) is 2.44. The molecule has 1 aromatic heterocycles. The molecule has 1 atom stereocenters. The minimum absolute atomic E-state index is 0.208. The molecule has 2 heterocycles. The second-order valence-corrected chi connectivity index (χ2v) is 4.88. The molecule has 19 heavy (non-hydrogen) atoms. The van der Waals surface area contributed by atoms with E-state index in [2.05, 4.69) is 16.0 Å². The average molecular weight is 255 g/mol. The average Bonchev–Trinajstić information content (AvgIpc) is 2.46. The minimum atomic E-state index is 0.208. The number of benzene rings is 1. The van der Waals surface area contributed by atoms with Crippen molar-refractivity contribution in [2.45, 2.75) is 25.8 Å². The predicted molar refractivity (Wildman–Crippen MR) is 73.0 cm³/mol. The van der Waals surface area contributed by atoms with E-state index in [4.69, 9.17) is 10.5 Å². The fourth-order valence-corrected chi connectivity index (χ4v) is 2.44. The van der Waals surface area contributed by atoms with Gasteiger partial charge in [0.15, 0.2) is 0 Å². The number of aromatic nitrogens is 2. The number of hydrogen-bond donors (Lipinski definition) is 1. The van der Waals surface area contributed by atoms with Gasteiger partial charge in [-0.2, -0.15) is 0 Å². The van der Waals surface area contributed by atoms with Crippen LogP contribution in [0.5, 0.6) is 5.75 Å². The molecule has 0 spiro atoms. The molecule has 1 aliphatic heterocycles. The molecule has 4 heteroatoms.